The maximum atomic E-state index is 11.3. The Bertz CT molecular complexity index is 1130. The highest BCUT2D eigenvalue weighted by Gasteiger charge is 2.55. The van der Waals surface area contributed by atoms with Crippen molar-refractivity contribution in [2.45, 2.75) is 108 Å². The molecule has 0 aromatic heterocycles. The number of aliphatic carboxylic acids is 4. The molecule has 1 aromatic rings. The molecule has 2 saturated carbocycles. The van der Waals surface area contributed by atoms with Crippen LogP contribution in [-0.2, 0) is 35.2 Å². The van der Waals surface area contributed by atoms with Crippen LogP contribution in [0.1, 0.15) is 101 Å². The van der Waals surface area contributed by atoms with Gasteiger partial charge in [0.05, 0.1) is 37.4 Å². The van der Waals surface area contributed by atoms with E-state index in [0.29, 0.717) is 6.54 Å². The van der Waals surface area contributed by atoms with Gasteiger partial charge in [0.1, 0.15) is 0 Å². The highest BCUT2D eigenvalue weighted by atomic mass is 16.7. The molecule has 1 heterocycles. The van der Waals surface area contributed by atoms with Crippen molar-refractivity contribution in [1.29, 1.82) is 0 Å². The van der Waals surface area contributed by atoms with Crippen LogP contribution in [0.25, 0.3) is 0 Å². The summed E-state index contributed by atoms with van der Waals surface area (Å²) in [6.07, 6.45) is 14.7. The van der Waals surface area contributed by atoms with Gasteiger partial charge in [0.2, 0.25) is 0 Å². The molecule has 0 radical (unpaired) electrons. The fourth-order valence-electron chi connectivity index (χ4n) is 7.60. The molecule has 13 nitrogen and oxygen atoms in total. The summed E-state index contributed by atoms with van der Waals surface area (Å²) in [6.45, 7) is -0.501. The van der Waals surface area contributed by atoms with Gasteiger partial charge >= 0.3 is 23.9 Å². The van der Waals surface area contributed by atoms with Crippen LogP contribution in [-0.4, -0.2) is 123 Å². The van der Waals surface area contributed by atoms with E-state index in [1.807, 2.05) is 29.2 Å². The van der Waals surface area contributed by atoms with Gasteiger partial charge < -0.3 is 29.9 Å². The lowest BCUT2D eigenvalue weighted by Gasteiger charge is -2.44. The van der Waals surface area contributed by atoms with Crippen LogP contribution in [0.2, 0.25) is 0 Å². The van der Waals surface area contributed by atoms with Crippen LogP contribution in [0.3, 0.4) is 0 Å². The van der Waals surface area contributed by atoms with Gasteiger partial charge in [-0.2, -0.15) is 0 Å². The van der Waals surface area contributed by atoms with E-state index < -0.39 is 56.3 Å². The van der Waals surface area contributed by atoms with Crippen molar-refractivity contribution in [3.05, 3.63) is 35.4 Å². The van der Waals surface area contributed by atoms with Crippen LogP contribution in [0, 0.1) is 0 Å². The van der Waals surface area contributed by atoms with Crippen molar-refractivity contribution in [2.75, 3.05) is 52.4 Å². The minimum atomic E-state index is -1.14. The quantitative estimate of drug-likeness (QED) is 0.186. The zero-order valence-electron chi connectivity index (χ0n) is 28.0. The molecule has 4 rings (SSSR count). The number of hydrogen-bond acceptors (Lipinski definition) is 9. The first-order valence-corrected chi connectivity index (χ1v) is 17.4. The van der Waals surface area contributed by atoms with Crippen LogP contribution >= 0.6 is 0 Å². The summed E-state index contributed by atoms with van der Waals surface area (Å²) in [5.41, 5.74) is 1.59. The van der Waals surface area contributed by atoms with E-state index in [-0.39, 0.29) is 37.4 Å². The number of nitrogens with zero attached hydrogens (tertiary/aromatic N) is 3. The Hall–Kier alpha value is -3.10. The highest BCUT2D eigenvalue weighted by Crippen LogP contribution is 2.55. The summed E-state index contributed by atoms with van der Waals surface area (Å²) >= 11 is 0. The normalized spacial score (nSPS) is 24.9. The third-order valence-corrected chi connectivity index (χ3v) is 9.97. The molecule has 2 unspecified atom stereocenters. The van der Waals surface area contributed by atoms with Crippen molar-refractivity contribution >= 4 is 23.9 Å². The Kier molecular flexibility index (Phi) is 14.2. The largest absolute Gasteiger partial charge is 0.480 e. The number of carboxylic acid groups (broad SMARTS) is 4. The smallest absolute Gasteiger partial charge is 0.317 e. The van der Waals surface area contributed by atoms with Gasteiger partial charge in [-0.25, -0.2) is 0 Å². The van der Waals surface area contributed by atoms with Gasteiger partial charge in [-0.3, -0.25) is 33.9 Å². The summed E-state index contributed by atoms with van der Waals surface area (Å²) in [6, 6.07) is 8.01. The molecule has 2 atom stereocenters. The molecule has 0 amide bonds. The fourth-order valence-corrected chi connectivity index (χ4v) is 7.60. The zero-order chi connectivity index (χ0) is 34.6. The first-order chi connectivity index (χ1) is 22.9. The average molecular weight is 676 g/mol. The molecule has 1 aromatic carbocycles. The van der Waals surface area contributed by atoms with E-state index in [4.69, 9.17) is 9.47 Å². The first kappa shape index (κ1) is 37.7. The van der Waals surface area contributed by atoms with Crippen molar-refractivity contribution in [3.63, 3.8) is 0 Å². The van der Waals surface area contributed by atoms with Crippen LogP contribution in [0.5, 0.6) is 0 Å². The number of hydrogen-bond donors (Lipinski definition) is 4. The molecule has 1 aliphatic heterocycles. The Morgan fingerprint density at radius 2 is 0.938 bits per heavy atom. The predicted octanol–water partition coefficient (Wildman–Crippen LogP) is 4.05. The lowest BCUT2D eigenvalue weighted by molar-refractivity contribution is -0.298. The first-order valence-electron chi connectivity index (χ1n) is 17.4. The molecular weight excluding hydrogens is 622 g/mol. The molecule has 268 valence electrons. The van der Waals surface area contributed by atoms with Gasteiger partial charge in [0, 0.05) is 44.7 Å². The monoisotopic (exact) mass is 675 g/mol. The Morgan fingerprint density at radius 1 is 0.562 bits per heavy atom. The molecule has 48 heavy (non-hydrogen) atoms. The second kappa shape index (κ2) is 18.1. The fraction of sp³-hybridized carbons (Fsp3) is 0.714. The third kappa shape index (κ3) is 12.1. The SMILES string of the molecule is O=C(O)CN(CCN(CCN(CC(=O)O)CC(=O)O)Cc1ccc(C2OC34CCCCCCCCCCC(CC3)(C4)O2)cc1)CC(=O)O. The molecule has 2 bridgehead atoms. The minimum Gasteiger partial charge on any atom is -0.480 e. The third-order valence-electron chi connectivity index (χ3n) is 9.97. The summed E-state index contributed by atoms with van der Waals surface area (Å²) in [4.78, 5) is 49.9. The Morgan fingerprint density at radius 3 is 1.33 bits per heavy atom. The van der Waals surface area contributed by atoms with E-state index in [1.54, 1.807) is 0 Å². The van der Waals surface area contributed by atoms with Gasteiger partial charge in [-0.15, -0.1) is 0 Å². The summed E-state index contributed by atoms with van der Waals surface area (Å²) in [5, 5.41) is 37.1. The predicted molar refractivity (Wildman–Crippen MR) is 176 cm³/mol. The average Bonchev–Trinajstić information content (AvgIpc) is 3.28. The lowest BCUT2D eigenvalue weighted by Crippen LogP contribution is -2.44. The van der Waals surface area contributed by atoms with Crippen molar-refractivity contribution in [3.8, 4) is 0 Å². The molecule has 1 saturated heterocycles. The van der Waals surface area contributed by atoms with Gasteiger partial charge in [-0.1, -0.05) is 75.6 Å². The topological polar surface area (TPSA) is 177 Å². The molecule has 13 heteroatoms. The van der Waals surface area contributed by atoms with Gasteiger partial charge in [0.15, 0.2) is 6.29 Å². The number of benzene rings is 1. The molecule has 3 fully saturated rings. The van der Waals surface area contributed by atoms with Gasteiger partial charge in [-0.05, 0) is 31.2 Å². The lowest BCUT2D eigenvalue weighted by atomic mass is 9.87. The van der Waals surface area contributed by atoms with Gasteiger partial charge in [0.25, 0.3) is 0 Å². The van der Waals surface area contributed by atoms with E-state index in [9.17, 15) is 39.6 Å². The van der Waals surface area contributed by atoms with Crippen molar-refractivity contribution in [1.82, 2.24) is 14.7 Å². The standard InChI is InChI=1S/C35H53N3O10/c39-29(40)22-37(23-30(41)42)19-17-36(18-20-38(24-31(43)44)25-32(45)46)21-27-9-11-28(12-10-27)33-47-34-13-7-5-3-1-2-4-6-8-14-35(26-34,48-33)16-15-34/h9-12,33H,1-8,13-26H2,(H,39,40)(H,41,42)(H,43,44)(H,45,46). The minimum absolute atomic E-state index is 0.141. The molecule has 3 aliphatic rings. The number of ether oxygens (including phenoxy) is 2. The molecule has 4 N–H and O–H groups in total. The second-order valence-corrected chi connectivity index (χ2v) is 14.0. The second-order valence-electron chi connectivity index (χ2n) is 14.0. The van der Waals surface area contributed by atoms with Crippen LogP contribution in [0.4, 0.5) is 0 Å². The summed E-state index contributed by atoms with van der Waals surface area (Å²) in [7, 11) is 0. The molecule has 0 spiro atoms. The van der Waals surface area contributed by atoms with Crippen LogP contribution in [0.15, 0.2) is 24.3 Å². The number of carboxylic acids is 4. The zero-order valence-corrected chi connectivity index (χ0v) is 28.0. The summed E-state index contributed by atoms with van der Waals surface area (Å²) < 4.78 is 13.6. The summed E-state index contributed by atoms with van der Waals surface area (Å²) in [5.74, 6) is -4.57. The number of carbonyl (C=O) groups is 4. The Labute approximate surface area is 282 Å². The van der Waals surface area contributed by atoms with Crippen LogP contribution < -0.4 is 0 Å². The van der Waals surface area contributed by atoms with Crippen molar-refractivity contribution in [2.24, 2.45) is 0 Å². The van der Waals surface area contributed by atoms with E-state index in [2.05, 4.69) is 0 Å². The van der Waals surface area contributed by atoms with Crippen molar-refractivity contribution < 1.29 is 49.1 Å². The van der Waals surface area contributed by atoms with E-state index >= 15 is 0 Å². The maximum Gasteiger partial charge on any atom is 0.317 e. The number of rotatable bonds is 17. The van der Waals surface area contributed by atoms with E-state index in [0.717, 1.165) is 43.2 Å². The van der Waals surface area contributed by atoms with E-state index in [1.165, 1.54) is 61.2 Å². The molecular formula is C35H53N3O10. The highest BCUT2D eigenvalue weighted by molar-refractivity contribution is 5.73. The molecule has 2 aliphatic carbocycles. The Balaban J connectivity index is 1.46. The maximum absolute atomic E-state index is 11.3.